The number of fused-ring (bicyclic) bond motifs is 1. The van der Waals surface area contributed by atoms with E-state index in [1.165, 1.54) is 6.07 Å². The summed E-state index contributed by atoms with van der Waals surface area (Å²) in [6.45, 7) is 2.52. The lowest BCUT2D eigenvalue weighted by atomic mass is 10.00. The maximum atomic E-state index is 12.9. The highest BCUT2D eigenvalue weighted by Gasteiger charge is 2.30. The number of hydrogen-bond donors (Lipinski definition) is 2. The smallest absolute Gasteiger partial charge is 0.256 e. The summed E-state index contributed by atoms with van der Waals surface area (Å²) in [6.07, 6.45) is 3.93. The van der Waals surface area contributed by atoms with Gasteiger partial charge in [0.25, 0.3) is 5.91 Å². The second-order valence-corrected chi connectivity index (χ2v) is 8.98. The Bertz CT molecular complexity index is 1080. The number of nitrogens with one attached hydrogen (secondary N) is 2. The Morgan fingerprint density at radius 2 is 1.86 bits per heavy atom. The molecule has 0 unspecified atom stereocenters. The molecule has 152 valence electrons. The van der Waals surface area contributed by atoms with Gasteiger partial charge in [0.2, 0.25) is 10.0 Å². The highest BCUT2D eigenvalue weighted by Crippen LogP contribution is 2.40. The van der Waals surface area contributed by atoms with Crippen LogP contribution in [0.5, 0.6) is 5.75 Å². The number of sulfonamides is 1. The number of hydrogen-bond acceptors (Lipinski definition) is 4. The first kappa shape index (κ1) is 19.7. The van der Waals surface area contributed by atoms with Gasteiger partial charge < -0.3 is 10.1 Å². The molecule has 1 heterocycles. The van der Waals surface area contributed by atoms with E-state index in [0.717, 1.165) is 36.8 Å². The summed E-state index contributed by atoms with van der Waals surface area (Å²) in [5.41, 5.74) is 3.89. The molecule has 1 fully saturated rings. The van der Waals surface area contributed by atoms with Crippen LogP contribution in [0.3, 0.4) is 0 Å². The van der Waals surface area contributed by atoms with E-state index >= 15 is 0 Å². The van der Waals surface area contributed by atoms with Gasteiger partial charge in [0.05, 0.1) is 11.5 Å². The van der Waals surface area contributed by atoms with Crippen molar-refractivity contribution in [2.45, 2.75) is 44.0 Å². The first-order chi connectivity index (χ1) is 14.0. The van der Waals surface area contributed by atoms with Crippen LogP contribution in [0.15, 0.2) is 52.9 Å². The molecule has 1 aliphatic carbocycles. The van der Waals surface area contributed by atoms with Crippen LogP contribution in [0, 0.1) is 0 Å². The van der Waals surface area contributed by atoms with E-state index in [2.05, 4.69) is 10.0 Å². The van der Waals surface area contributed by atoms with Crippen LogP contribution in [0.1, 0.15) is 43.7 Å². The van der Waals surface area contributed by atoms with Crippen LogP contribution >= 0.6 is 0 Å². The van der Waals surface area contributed by atoms with Crippen molar-refractivity contribution in [3.8, 4) is 5.75 Å². The third-order valence-corrected chi connectivity index (χ3v) is 6.73. The maximum Gasteiger partial charge on any atom is 0.256 e. The van der Waals surface area contributed by atoms with Crippen LogP contribution in [0.25, 0.3) is 5.57 Å². The molecule has 4 rings (SSSR count). The molecule has 7 heteroatoms. The molecule has 1 aliphatic heterocycles. The fourth-order valence-corrected chi connectivity index (χ4v) is 4.95. The summed E-state index contributed by atoms with van der Waals surface area (Å²) in [4.78, 5) is 12.6. The van der Waals surface area contributed by atoms with E-state index in [1.807, 2.05) is 31.2 Å². The van der Waals surface area contributed by atoms with Gasteiger partial charge in [-0.3, -0.25) is 4.79 Å². The molecule has 0 spiro atoms. The second-order valence-electron chi connectivity index (χ2n) is 7.21. The molecule has 1 saturated carbocycles. The number of carbonyl (C=O) groups excluding carboxylic acids is 1. The predicted octanol–water partition coefficient (Wildman–Crippen LogP) is 3.84. The lowest BCUT2D eigenvalue weighted by molar-refractivity contribution is -0.110. The van der Waals surface area contributed by atoms with Crippen molar-refractivity contribution in [3.05, 3.63) is 59.2 Å². The zero-order valence-electron chi connectivity index (χ0n) is 16.3. The van der Waals surface area contributed by atoms with Gasteiger partial charge in [-0.2, -0.15) is 0 Å². The molecule has 2 N–H and O–H groups in total. The van der Waals surface area contributed by atoms with Crippen LogP contribution in [-0.2, 0) is 21.4 Å². The highest BCUT2D eigenvalue weighted by atomic mass is 32.2. The van der Waals surface area contributed by atoms with Gasteiger partial charge in [-0.15, -0.1) is 0 Å². The molecule has 0 atom stereocenters. The zero-order valence-corrected chi connectivity index (χ0v) is 17.1. The topological polar surface area (TPSA) is 84.5 Å². The Labute approximate surface area is 171 Å². The summed E-state index contributed by atoms with van der Waals surface area (Å²) in [6, 6.07) is 12.1. The monoisotopic (exact) mass is 412 g/mol. The average molecular weight is 413 g/mol. The summed E-state index contributed by atoms with van der Waals surface area (Å²) in [5, 5.41) is 2.85. The van der Waals surface area contributed by atoms with E-state index in [-0.39, 0.29) is 17.3 Å². The van der Waals surface area contributed by atoms with E-state index in [9.17, 15) is 13.2 Å². The van der Waals surface area contributed by atoms with Gasteiger partial charge in [0.1, 0.15) is 5.75 Å². The lowest BCUT2D eigenvalue weighted by Crippen LogP contribution is -2.23. The van der Waals surface area contributed by atoms with Gasteiger partial charge >= 0.3 is 0 Å². The zero-order chi connectivity index (χ0) is 20.4. The Hall–Kier alpha value is -2.64. The molecule has 6 nitrogen and oxygen atoms in total. The van der Waals surface area contributed by atoms with Crippen molar-refractivity contribution >= 4 is 27.2 Å². The molecule has 0 aromatic heterocycles. The third-order valence-electron chi connectivity index (χ3n) is 5.33. The number of rotatable bonds is 6. The predicted molar refractivity (Wildman–Crippen MR) is 112 cm³/mol. The van der Waals surface area contributed by atoms with Gasteiger partial charge in [0.15, 0.2) is 0 Å². The van der Waals surface area contributed by atoms with E-state index in [0.29, 0.717) is 29.2 Å². The highest BCUT2D eigenvalue weighted by molar-refractivity contribution is 7.89. The number of amides is 1. The van der Waals surface area contributed by atoms with Crippen LogP contribution in [0.4, 0.5) is 5.69 Å². The SMILES string of the molecule is CCOc1ccccc1CNS(=O)(=O)c1ccc2c(c1)C(=C1CCCC1)C(=O)N2. The van der Waals surface area contributed by atoms with E-state index < -0.39 is 10.0 Å². The number of anilines is 1. The molecular weight excluding hydrogens is 388 g/mol. The molecule has 29 heavy (non-hydrogen) atoms. The first-order valence-electron chi connectivity index (χ1n) is 9.88. The van der Waals surface area contributed by atoms with Crippen molar-refractivity contribution < 1.29 is 17.9 Å². The standard InChI is InChI=1S/C22H24N2O4S/c1-2-28-20-10-6-5-9-16(20)14-23-29(26,27)17-11-12-19-18(13-17)21(22(25)24-19)15-7-3-4-8-15/h5-6,9-13,23H,2-4,7-8,14H2,1H3,(H,24,25). The molecule has 2 aromatic carbocycles. The summed E-state index contributed by atoms with van der Waals surface area (Å²) < 4.78 is 34.0. The van der Waals surface area contributed by atoms with Crippen molar-refractivity contribution in [2.24, 2.45) is 0 Å². The third kappa shape index (κ3) is 3.93. The van der Waals surface area contributed by atoms with E-state index in [1.54, 1.807) is 12.1 Å². The van der Waals surface area contributed by atoms with Gasteiger partial charge in [-0.05, 0) is 56.9 Å². The fourth-order valence-electron chi connectivity index (χ4n) is 3.92. The Morgan fingerprint density at radius 1 is 1.10 bits per heavy atom. The number of para-hydroxylation sites is 1. The normalized spacial score (nSPS) is 16.1. The van der Waals surface area contributed by atoms with Crippen molar-refractivity contribution in [2.75, 3.05) is 11.9 Å². The molecular formula is C22H24N2O4S. The molecule has 0 saturated heterocycles. The van der Waals surface area contributed by atoms with Crippen LogP contribution < -0.4 is 14.8 Å². The largest absolute Gasteiger partial charge is 0.494 e. The Kier molecular flexibility index (Phi) is 5.43. The quantitative estimate of drug-likeness (QED) is 0.706. The minimum absolute atomic E-state index is 0.126. The summed E-state index contributed by atoms with van der Waals surface area (Å²) in [7, 11) is -3.74. The fraction of sp³-hybridized carbons (Fsp3) is 0.318. The molecule has 0 radical (unpaired) electrons. The van der Waals surface area contributed by atoms with Gasteiger partial charge in [-0.25, -0.2) is 13.1 Å². The molecule has 2 aliphatic rings. The Morgan fingerprint density at radius 3 is 2.62 bits per heavy atom. The first-order valence-corrected chi connectivity index (χ1v) is 11.4. The average Bonchev–Trinajstić information content (AvgIpc) is 3.33. The van der Waals surface area contributed by atoms with Crippen molar-refractivity contribution in [1.82, 2.24) is 4.72 Å². The maximum absolute atomic E-state index is 12.9. The number of benzene rings is 2. The van der Waals surface area contributed by atoms with Crippen LogP contribution in [0.2, 0.25) is 0 Å². The number of carbonyl (C=O) groups is 1. The molecule has 0 bridgehead atoms. The van der Waals surface area contributed by atoms with Crippen molar-refractivity contribution in [1.29, 1.82) is 0 Å². The van der Waals surface area contributed by atoms with Crippen LogP contribution in [-0.4, -0.2) is 20.9 Å². The number of allylic oxidation sites excluding steroid dienone is 1. The summed E-state index contributed by atoms with van der Waals surface area (Å²) in [5.74, 6) is 0.528. The second kappa shape index (κ2) is 8.00. The molecule has 2 aromatic rings. The number of ether oxygens (including phenoxy) is 1. The van der Waals surface area contributed by atoms with Gasteiger partial charge in [0, 0.05) is 28.9 Å². The van der Waals surface area contributed by atoms with E-state index in [4.69, 9.17) is 4.74 Å². The summed E-state index contributed by atoms with van der Waals surface area (Å²) >= 11 is 0. The van der Waals surface area contributed by atoms with Crippen molar-refractivity contribution in [3.63, 3.8) is 0 Å². The lowest BCUT2D eigenvalue weighted by Gasteiger charge is -2.12. The Balaban J connectivity index is 1.61. The minimum Gasteiger partial charge on any atom is -0.494 e. The van der Waals surface area contributed by atoms with Gasteiger partial charge in [-0.1, -0.05) is 23.8 Å². The minimum atomic E-state index is -3.74. The molecule has 1 amide bonds.